The van der Waals surface area contributed by atoms with Gasteiger partial charge in [0.1, 0.15) is 5.78 Å². The summed E-state index contributed by atoms with van der Waals surface area (Å²) >= 11 is 0. The van der Waals surface area contributed by atoms with Crippen molar-refractivity contribution in [3.63, 3.8) is 0 Å². The number of alkyl halides is 2. The van der Waals surface area contributed by atoms with E-state index in [2.05, 4.69) is 6.92 Å². The zero-order chi connectivity index (χ0) is 26.0. The van der Waals surface area contributed by atoms with Crippen molar-refractivity contribution in [2.24, 2.45) is 23.7 Å². The van der Waals surface area contributed by atoms with Crippen LogP contribution in [0.3, 0.4) is 0 Å². The molecule has 0 aromatic heterocycles. The van der Waals surface area contributed by atoms with Crippen LogP contribution in [0.25, 0.3) is 0 Å². The lowest BCUT2D eigenvalue weighted by atomic mass is 9.67. The molecule has 1 N–H and O–H groups in total. The number of carbonyl (C=O) groups excluding carboxylic acids is 1. The Morgan fingerprint density at radius 3 is 2.46 bits per heavy atom. The predicted octanol–water partition coefficient (Wildman–Crippen LogP) is 7.13. The molecule has 4 nitrogen and oxygen atoms in total. The van der Waals surface area contributed by atoms with E-state index in [0.29, 0.717) is 30.9 Å². The second-order valence-electron chi connectivity index (χ2n) is 11.2. The molecule has 1 aromatic carbocycles. The topological polar surface area (TPSA) is 75.1 Å². The molecule has 0 radical (unpaired) electrons. The molecule has 0 heterocycles. The number of hydrogen-bond donors (Lipinski definition) is 1. The van der Waals surface area contributed by atoms with Crippen molar-refractivity contribution in [3.8, 4) is 0 Å². The summed E-state index contributed by atoms with van der Waals surface area (Å²) < 4.78 is 54.3. The normalized spacial score (nSPS) is 25.9. The van der Waals surface area contributed by atoms with Crippen LogP contribution in [-0.2, 0) is 20.6 Å². The molecule has 0 saturated heterocycles. The summed E-state index contributed by atoms with van der Waals surface area (Å²) in [4.78, 5) is 12.6. The lowest BCUT2D eigenvalue weighted by Crippen LogP contribution is -2.40. The van der Waals surface area contributed by atoms with Gasteiger partial charge in [0.2, 0.25) is 0 Å². The van der Waals surface area contributed by atoms with Crippen molar-refractivity contribution in [2.75, 3.05) is 0 Å². The van der Waals surface area contributed by atoms with E-state index in [9.17, 15) is 22.0 Å². The van der Waals surface area contributed by atoms with Crippen molar-refractivity contribution < 1.29 is 22.0 Å². The number of nitrogens with one attached hydrogen (secondary N) is 1. The number of halogens is 2. The molecule has 2 unspecified atom stereocenters. The summed E-state index contributed by atoms with van der Waals surface area (Å²) in [5.41, 5.74) is 0.130. The van der Waals surface area contributed by atoms with Gasteiger partial charge in [-0.15, -0.1) is 0 Å². The summed E-state index contributed by atoms with van der Waals surface area (Å²) in [7, 11) is -3.85. The first-order chi connectivity index (χ1) is 16.3. The van der Waals surface area contributed by atoms with Gasteiger partial charge >= 0.3 is 0 Å². The Labute approximate surface area is 209 Å². The molecule has 2 aliphatic rings. The third-order valence-electron chi connectivity index (χ3n) is 8.03. The molecule has 3 rings (SSSR count). The maximum atomic E-state index is 14.3. The molecule has 2 aliphatic carbocycles. The van der Waals surface area contributed by atoms with Gasteiger partial charge in [-0.3, -0.25) is 4.79 Å². The van der Waals surface area contributed by atoms with Crippen LogP contribution in [0.2, 0.25) is 0 Å². The number of sulfone groups is 1. The Morgan fingerprint density at radius 2 is 1.83 bits per heavy atom. The van der Waals surface area contributed by atoms with Crippen molar-refractivity contribution in [3.05, 3.63) is 42.0 Å². The van der Waals surface area contributed by atoms with Crippen LogP contribution in [0.15, 0.2) is 41.3 Å². The van der Waals surface area contributed by atoms with Crippen LogP contribution < -0.4 is 0 Å². The van der Waals surface area contributed by atoms with E-state index in [-0.39, 0.29) is 40.4 Å². The van der Waals surface area contributed by atoms with Crippen molar-refractivity contribution in [2.45, 2.75) is 94.6 Å². The monoisotopic (exact) mass is 507 g/mol. The summed E-state index contributed by atoms with van der Waals surface area (Å²) in [5.74, 6) is -2.44. The molecule has 0 aliphatic heterocycles. The number of Topliss-reactive ketones (excluding diaryl/α,β-unsaturated/α-hetero) is 1. The Kier molecular flexibility index (Phi) is 8.40. The minimum absolute atomic E-state index is 0.0317. The first-order valence-corrected chi connectivity index (χ1v) is 14.2. The number of carbonyl (C=O) groups is 1. The van der Waals surface area contributed by atoms with Gasteiger partial charge in [-0.1, -0.05) is 44.4 Å². The van der Waals surface area contributed by atoms with Crippen LogP contribution >= 0.6 is 0 Å². The van der Waals surface area contributed by atoms with Gasteiger partial charge in [0.05, 0.1) is 9.64 Å². The lowest BCUT2D eigenvalue weighted by molar-refractivity contribution is -0.124. The van der Waals surface area contributed by atoms with E-state index in [1.165, 1.54) is 37.6 Å². The molecule has 1 aromatic rings. The molecular weight excluding hydrogens is 468 g/mol. The van der Waals surface area contributed by atoms with Crippen molar-refractivity contribution in [1.29, 1.82) is 5.41 Å². The molecule has 35 heavy (non-hydrogen) atoms. The van der Waals surface area contributed by atoms with Crippen LogP contribution in [-0.4, -0.2) is 24.7 Å². The van der Waals surface area contributed by atoms with Gasteiger partial charge in [0, 0.05) is 23.6 Å². The molecule has 0 bridgehead atoms. The average molecular weight is 508 g/mol. The van der Waals surface area contributed by atoms with Gasteiger partial charge < -0.3 is 5.41 Å². The molecule has 2 fully saturated rings. The molecule has 7 heteroatoms. The summed E-state index contributed by atoms with van der Waals surface area (Å²) in [6.45, 7) is 6.91. The standard InChI is InChI=1S/C28H39F2NO3S/c1-5-13-28(29,30)22-10-8-11-23(16-22)35(33,34)27(3,4)18-20-14-21(15-20)25(31)17-26(32)24-12-7-6-9-19(24)2/h5,8,10-11,13,16,19-21,24,31H,6-7,9,12,14-15,17-18H2,1-4H3. The van der Waals surface area contributed by atoms with E-state index in [1.54, 1.807) is 13.8 Å². The number of allylic oxidation sites excluding steroid dienone is 2. The number of ketones is 1. The number of hydrogen-bond acceptors (Lipinski definition) is 4. The van der Waals surface area contributed by atoms with E-state index in [0.717, 1.165) is 31.4 Å². The first-order valence-electron chi connectivity index (χ1n) is 12.8. The molecule has 0 amide bonds. The summed E-state index contributed by atoms with van der Waals surface area (Å²) in [5, 5.41) is 8.44. The van der Waals surface area contributed by atoms with Crippen LogP contribution in [0, 0.1) is 29.1 Å². The Hall–Kier alpha value is -1.89. The molecule has 194 valence electrons. The molecular formula is C28H39F2NO3S. The average Bonchev–Trinajstić information content (AvgIpc) is 2.76. The van der Waals surface area contributed by atoms with E-state index < -0.39 is 20.5 Å². The van der Waals surface area contributed by atoms with E-state index in [1.807, 2.05) is 0 Å². The zero-order valence-electron chi connectivity index (χ0n) is 21.3. The minimum Gasteiger partial charge on any atom is -0.309 e. The fraction of sp³-hybridized carbons (Fsp3) is 0.643. The molecule has 2 saturated carbocycles. The predicted molar refractivity (Wildman–Crippen MR) is 136 cm³/mol. The quantitative estimate of drug-likeness (QED) is 0.270. The maximum absolute atomic E-state index is 14.3. The summed E-state index contributed by atoms with van der Waals surface area (Å²) in [6.07, 6.45) is 8.26. The fourth-order valence-electron chi connectivity index (χ4n) is 5.74. The Balaban J connectivity index is 1.60. The smallest absolute Gasteiger partial charge is 0.291 e. The second kappa shape index (κ2) is 10.6. The van der Waals surface area contributed by atoms with E-state index in [4.69, 9.17) is 5.41 Å². The fourth-order valence-corrected chi connectivity index (χ4v) is 7.38. The number of rotatable bonds is 10. The van der Waals surface area contributed by atoms with Crippen LogP contribution in [0.1, 0.15) is 84.6 Å². The third kappa shape index (κ3) is 6.10. The van der Waals surface area contributed by atoms with Crippen LogP contribution in [0.5, 0.6) is 0 Å². The van der Waals surface area contributed by atoms with E-state index >= 15 is 0 Å². The highest BCUT2D eigenvalue weighted by molar-refractivity contribution is 7.92. The zero-order valence-corrected chi connectivity index (χ0v) is 22.1. The number of benzene rings is 1. The SMILES string of the molecule is CC=CC(F)(F)c1cccc(S(=O)(=O)C(C)(C)CC2CC(C(=N)CC(=O)C3CCCCC3C)C2)c1. The van der Waals surface area contributed by atoms with Crippen LogP contribution in [0.4, 0.5) is 8.78 Å². The van der Waals surface area contributed by atoms with Gasteiger partial charge in [0.15, 0.2) is 9.84 Å². The van der Waals surface area contributed by atoms with Crippen molar-refractivity contribution >= 4 is 21.3 Å². The van der Waals surface area contributed by atoms with Gasteiger partial charge in [-0.2, -0.15) is 8.78 Å². The van der Waals surface area contributed by atoms with Gasteiger partial charge in [0.25, 0.3) is 5.92 Å². The van der Waals surface area contributed by atoms with Crippen molar-refractivity contribution in [1.82, 2.24) is 0 Å². The highest BCUT2D eigenvalue weighted by Gasteiger charge is 2.43. The summed E-state index contributed by atoms with van der Waals surface area (Å²) in [6, 6.07) is 5.06. The first kappa shape index (κ1) is 27.7. The third-order valence-corrected chi connectivity index (χ3v) is 10.5. The largest absolute Gasteiger partial charge is 0.309 e. The molecule has 2 atom stereocenters. The second-order valence-corrected chi connectivity index (χ2v) is 13.8. The highest BCUT2D eigenvalue weighted by atomic mass is 32.2. The minimum atomic E-state index is -3.85. The molecule has 0 spiro atoms. The van der Waals surface area contributed by atoms with Gasteiger partial charge in [-0.05, 0) is 82.4 Å². The highest BCUT2D eigenvalue weighted by Crippen LogP contribution is 2.44. The Morgan fingerprint density at radius 1 is 1.17 bits per heavy atom. The van der Waals surface area contributed by atoms with Gasteiger partial charge in [-0.25, -0.2) is 8.42 Å². The lowest BCUT2D eigenvalue weighted by Gasteiger charge is -2.40. The Bertz CT molecular complexity index is 1070. The maximum Gasteiger partial charge on any atom is 0.291 e.